The zero-order chi connectivity index (χ0) is 11.8. The van der Waals surface area contributed by atoms with Crippen LogP contribution in [-0.4, -0.2) is 48.6 Å². The topological polar surface area (TPSA) is 6.48 Å². The Morgan fingerprint density at radius 1 is 1.00 bits per heavy atom. The number of piperidine rings is 1. The number of rotatable bonds is 3. The summed E-state index contributed by atoms with van der Waals surface area (Å²) in [6, 6.07) is 0.740. The second kappa shape index (κ2) is 4.66. The van der Waals surface area contributed by atoms with E-state index in [9.17, 15) is 0 Å². The molecule has 0 radical (unpaired) electrons. The average molecular weight is 224 g/mol. The largest absolute Gasteiger partial charge is 0.302 e. The van der Waals surface area contributed by atoms with E-state index < -0.39 is 0 Å². The van der Waals surface area contributed by atoms with Gasteiger partial charge < -0.3 is 9.80 Å². The van der Waals surface area contributed by atoms with Crippen LogP contribution in [0.3, 0.4) is 0 Å². The molecule has 1 spiro atoms. The van der Waals surface area contributed by atoms with Crippen molar-refractivity contribution in [1.82, 2.24) is 9.80 Å². The van der Waals surface area contributed by atoms with Gasteiger partial charge in [-0.2, -0.15) is 0 Å². The average Bonchev–Trinajstić information content (AvgIpc) is 2.15. The van der Waals surface area contributed by atoms with Gasteiger partial charge in [-0.1, -0.05) is 13.8 Å². The standard InChI is InChI=1S/C14H28N2/c1-12(2)9-15-10-14(11-15)5-7-16(8-6-14)13(3)4/h12-13H,5-11H2,1-4H3. The van der Waals surface area contributed by atoms with Crippen LogP contribution >= 0.6 is 0 Å². The first-order valence-electron chi connectivity index (χ1n) is 6.97. The van der Waals surface area contributed by atoms with Crippen LogP contribution in [0, 0.1) is 11.3 Å². The molecule has 94 valence electrons. The lowest BCUT2D eigenvalue weighted by atomic mass is 9.71. The van der Waals surface area contributed by atoms with Gasteiger partial charge in [0.2, 0.25) is 0 Å². The van der Waals surface area contributed by atoms with Gasteiger partial charge >= 0.3 is 0 Å². The van der Waals surface area contributed by atoms with Crippen LogP contribution in [0.25, 0.3) is 0 Å². The van der Waals surface area contributed by atoms with E-state index in [4.69, 9.17) is 0 Å². The van der Waals surface area contributed by atoms with Crippen molar-refractivity contribution in [1.29, 1.82) is 0 Å². The molecule has 0 amide bonds. The Bertz CT molecular complexity index is 211. The SMILES string of the molecule is CC(C)CN1CC2(CCN(C(C)C)CC2)C1. The third kappa shape index (κ3) is 2.60. The van der Waals surface area contributed by atoms with Crippen molar-refractivity contribution in [2.24, 2.45) is 11.3 Å². The predicted molar refractivity (Wildman–Crippen MR) is 69.7 cm³/mol. The number of nitrogens with zero attached hydrogens (tertiary/aromatic N) is 2. The number of likely N-dealkylation sites (tertiary alicyclic amines) is 2. The minimum Gasteiger partial charge on any atom is -0.302 e. The monoisotopic (exact) mass is 224 g/mol. The molecule has 0 N–H and O–H groups in total. The molecule has 2 nitrogen and oxygen atoms in total. The van der Waals surface area contributed by atoms with Crippen molar-refractivity contribution in [3.63, 3.8) is 0 Å². The normalized spacial score (nSPS) is 26.6. The Hall–Kier alpha value is -0.0800. The van der Waals surface area contributed by atoms with Gasteiger partial charge in [0.05, 0.1) is 0 Å². The highest BCUT2D eigenvalue weighted by Crippen LogP contribution is 2.40. The van der Waals surface area contributed by atoms with Crippen molar-refractivity contribution in [3.05, 3.63) is 0 Å². The van der Waals surface area contributed by atoms with Crippen molar-refractivity contribution in [2.75, 3.05) is 32.7 Å². The fourth-order valence-electron chi connectivity index (χ4n) is 3.38. The smallest absolute Gasteiger partial charge is 0.00515 e. The summed E-state index contributed by atoms with van der Waals surface area (Å²) in [5.74, 6) is 0.827. The van der Waals surface area contributed by atoms with E-state index in [1.54, 1.807) is 0 Å². The first kappa shape index (κ1) is 12.4. The molecular weight excluding hydrogens is 196 g/mol. The molecule has 2 aliphatic rings. The molecule has 0 unspecified atom stereocenters. The van der Waals surface area contributed by atoms with E-state index in [1.165, 1.54) is 45.6 Å². The summed E-state index contributed by atoms with van der Waals surface area (Å²) in [7, 11) is 0. The Labute approximate surface area is 101 Å². The van der Waals surface area contributed by atoms with Gasteiger partial charge in [0.15, 0.2) is 0 Å². The van der Waals surface area contributed by atoms with Crippen LogP contribution in [0.5, 0.6) is 0 Å². The molecule has 2 heterocycles. The van der Waals surface area contributed by atoms with Crippen LogP contribution in [0.4, 0.5) is 0 Å². The highest BCUT2D eigenvalue weighted by Gasteiger charge is 2.44. The summed E-state index contributed by atoms with van der Waals surface area (Å²) in [5, 5.41) is 0. The van der Waals surface area contributed by atoms with E-state index in [0.717, 1.165) is 12.0 Å². The minimum atomic E-state index is 0.709. The summed E-state index contributed by atoms with van der Waals surface area (Å²) >= 11 is 0. The fourth-order valence-corrected chi connectivity index (χ4v) is 3.38. The summed E-state index contributed by atoms with van der Waals surface area (Å²) in [6.07, 6.45) is 2.86. The molecule has 0 saturated carbocycles. The molecule has 2 aliphatic heterocycles. The molecule has 16 heavy (non-hydrogen) atoms. The van der Waals surface area contributed by atoms with Gasteiger partial charge in [0.25, 0.3) is 0 Å². The molecule has 2 rings (SSSR count). The van der Waals surface area contributed by atoms with Crippen molar-refractivity contribution in [3.8, 4) is 0 Å². The van der Waals surface area contributed by atoms with Crippen LogP contribution in [0.2, 0.25) is 0 Å². The lowest BCUT2D eigenvalue weighted by molar-refractivity contribution is -0.0557. The third-order valence-corrected chi connectivity index (χ3v) is 4.33. The molecule has 0 bridgehead atoms. The van der Waals surface area contributed by atoms with E-state index in [0.29, 0.717) is 5.41 Å². The summed E-state index contributed by atoms with van der Waals surface area (Å²) in [5.41, 5.74) is 0.709. The molecule has 2 fully saturated rings. The number of hydrogen-bond acceptors (Lipinski definition) is 2. The first-order chi connectivity index (χ1) is 7.51. The van der Waals surface area contributed by atoms with E-state index in [1.807, 2.05) is 0 Å². The van der Waals surface area contributed by atoms with Gasteiger partial charge in [0.1, 0.15) is 0 Å². The maximum absolute atomic E-state index is 2.65. The molecule has 0 aromatic heterocycles. The fraction of sp³-hybridized carbons (Fsp3) is 1.00. The predicted octanol–water partition coefficient (Wildman–Crippen LogP) is 2.45. The zero-order valence-corrected chi connectivity index (χ0v) is 11.5. The van der Waals surface area contributed by atoms with Gasteiger partial charge in [0, 0.05) is 25.7 Å². The Kier molecular flexibility index (Phi) is 3.60. The minimum absolute atomic E-state index is 0.709. The maximum Gasteiger partial charge on any atom is 0.00515 e. The van der Waals surface area contributed by atoms with Crippen LogP contribution in [-0.2, 0) is 0 Å². The maximum atomic E-state index is 2.65. The third-order valence-electron chi connectivity index (χ3n) is 4.33. The summed E-state index contributed by atoms with van der Waals surface area (Å²) in [4.78, 5) is 5.28. The Balaban J connectivity index is 1.74. The van der Waals surface area contributed by atoms with E-state index >= 15 is 0 Å². The second-order valence-corrected chi connectivity index (χ2v) is 6.69. The highest BCUT2D eigenvalue weighted by molar-refractivity contribution is 4.98. The Morgan fingerprint density at radius 3 is 2.00 bits per heavy atom. The van der Waals surface area contributed by atoms with Gasteiger partial charge in [-0.05, 0) is 51.1 Å². The Morgan fingerprint density at radius 2 is 1.56 bits per heavy atom. The van der Waals surface area contributed by atoms with Crippen molar-refractivity contribution in [2.45, 2.75) is 46.6 Å². The molecule has 0 aromatic rings. The van der Waals surface area contributed by atoms with Gasteiger partial charge in [-0.25, -0.2) is 0 Å². The highest BCUT2D eigenvalue weighted by atomic mass is 15.2. The van der Waals surface area contributed by atoms with Crippen molar-refractivity contribution < 1.29 is 0 Å². The van der Waals surface area contributed by atoms with Crippen LogP contribution in [0.15, 0.2) is 0 Å². The van der Waals surface area contributed by atoms with Crippen LogP contribution < -0.4 is 0 Å². The zero-order valence-electron chi connectivity index (χ0n) is 11.5. The summed E-state index contributed by atoms with van der Waals surface area (Å²) < 4.78 is 0. The van der Waals surface area contributed by atoms with Gasteiger partial charge in [-0.3, -0.25) is 0 Å². The van der Waals surface area contributed by atoms with Crippen LogP contribution in [0.1, 0.15) is 40.5 Å². The number of hydrogen-bond donors (Lipinski definition) is 0. The lowest BCUT2D eigenvalue weighted by Crippen LogP contribution is -2.61. The second-order valence-electron chi connectivity index (χ2n) is 6.69. The molecule has 2 heteroatoms. The lowest BCUT2D eigenvalue weighted by Gasteiger charge is -2.55. The first-order valence-corrected chi connectivity index (χ1v) is 6.97. The molecule has 2 saturated heterocycles. The summed E-state index contributed by atoms with van der Waals surface area (Å²) in [6.45, 7) is 16.0. The molecule has 0 aromatic carbocycles. The van der Waals surface area contributed by atoms with Gasteiger partial charge in [-0.15, -0.1) is 0 Å². The van der Waals surface area contributed by atoms with E-state index in [-0.39, 0.29) is 0 Å². The molecule has 0 aliphatic carbocycles. The molecular formula is C14H28N2. The quantitative estimate of drug-likeness (QED) is 0.726. The van der Waals surface area contributed by atoms with E-state index in [2.05, 4.69) is 37.5 Å². The molecule has 0 atom stereocenters. The van der Waals surface area contributed by atoms with Crippen molar-refractivity contribution >= 4 is 0 Å².